The van der Waals surface area contributed by atoms with Crippen molar-refractivity contribution in [3.05, 3.63) is 34.9 Å². The summed E-state index contributed by atoms with van der Waals surface area (Å²) in [5, 5.41) is 35.0. The summed E-state index contributed by atoms with van der Waals surface area (Å²) in [6.07, 6.45) is 2.80. The minimum atomic E-state index is -2.27. The predicted octanol–water partition coefficient (Wildman–Crippen LogP) is 2.80. The zero-order valence-electron chi connectivity index (χ0n) is 22.8. The molecule has 2 saturated carbocycles. The third-order valence-electron chi connectivity index (χ3n) is 9.75. The van der Waals surface area contributed by atoms with Crippen LogP contribution in [0.2, 0.25) is 0 Å². The van der Waals surface area contributed by atoms with Gasteiger partial charge in [-0.3, -0.25) is 9.59 Å². The Bertz CT molecular complexity index is 1110. The van der Waals surface area contributed by atoms with Gasteiger partial charge < -0.3 is 24.8 Å². The quantitative estimate of drug-likeness (QED) is 0.279. The number of carbonyl (C=O) groups excluding carboxylic acids is 3. The maximum Gasteiger partial charge on any atom is 0.333 e. The number of hydrogen-bond acceptors (Lipinski definition) is 8. The van der Waals surface area contributed by atoms with Crippen LogP contribution in [0.3, 0.4) is 0 Å². The van der Waals surface area contributed by atoms with Gasteiger partial charge in [-0.1, -0.05) is 45.9 Å². The molecule has 1 spiro atoms. The van der Waals surface area contributed by atoms with E-state index in [1.165, 1.54) is 0 Å². The molecule has 3 N–H and O–H groups in total. The lowest BCUT2D eigenvalue weighted by atomic mass is 9.59. The molecule has 0 radical (unpaired) electrons. The van der Waals surface area contributed by atoms with Crippen LogP contribution in [0.25, 0.3) is 0 Å². The highest BCUT2D eigenvalue weighted by molar-refractivity contribution is 5.96. The molecule has 8 heteroatoms. The minimum absolute atomic E-state index is 0.146. The minimum Gasteiger partial charge on any atom is -0.458 e. The first-order valence-electron chi connectivity index (χ1n) is 13.2. The van der Waals surface area contributed by atoms with E-state index < -0.39 is 58.0 Å². The molecule has 0 heterocycles. The van der Waals surface area contributed by atoms with E-state index >= 15 is 0 Å². The van der Waals surface area contributed by atoms with Gasteiger partial charge in [-0.05, 0) is 50.7 Å². The second kappa shape index (κ2) is 8.89. The molecule has 2 bridgehead atoms. The maximum atomic E-state index is 14.5. The van der Waals surface area contributed by atoms with Gasteiger partial charge in [0.2, 0.25) is 0 Å². The van der Waals surface area contributed by atoms with Gasteiger partial charge in [-0.25, -0.2) is 4.79 Å². The average molecular weight is 517 g/mol. The number of carbonyl (C=O) groups is 3. The molecular weight excluding hydrogens is 476 g/mol. The number of allylic oxidation sites excluding steroid dienone is 2. The van der Waals surface area contributed by atoms with Crippen LogP contribution in [0, 0.1) is 28.6 Å². The van der Waals surface area contributed by atoms with Crippen LogP contribution in [0.1, 0.15) is 67.7 Å². The molecule has 4 aliphatic rings. The maximum absolute atomic E-state index is 14.5. The van der Waals surface area contributed by atoms with Gasteiger partial charge >= 0.3 is 11.9 Å². The number of esters is 2. The van der Waals surface area contributed by atoms with E-state index in [1.54, 1.807) is 45.9 Å². The van der Waals surface area contributed by atoms with Crippen molar-refractivity contribution in [2.45, 2.75) is 91.1 Å². The molecule has 0 amide bonds. The normalized spacial score (nSPS) is 41.9. The second-order valence-electron chi connectivity index (χ2n) is 12.0. The van der Waals surface area contributed by atoms with Crippen LogP contribution in [0.5, 0.6) is 0 Å². The lowest BCUT2D eigenvalue weighted by molar-refractivity contribution is -0.192. The molecule has 0 aliphatic heterocycles. The number of Topliss-reactive ketones (excluding diaryl/α,β-unsaturated/α-hetero) is 1. The summed E-state index contributed by atoms with van der Waals surface area (Å²) in [5.74, 6) is -3.05. The molecule has 8 nitrogen and oxygen atoms in total. The molecule has 0 aromatic heterocycles. The summed E-state index contributed by atoms with van der Waals surface area (Å²) >= 11 is 0. The van der Waals surface area contributed by atoms with Crippen LogP contribution >= 0.6 is 0 Å². The van der Waals surface area contributed by atoms with Crippen molar-refractivity contribution in [2.75, 3.05) is 6.61 Å². The van der Waals surface area contributed by atoms with Gasteiger partial charge in [0.15, 0.2) is 5.78 Å². The summed E-state index contributed by atoms with van der Waals surface area (Å²) in [6, 6.07) is 0. The molecule has 8 atom stereocenters. The number of aliphatic hydroxyl groups excluding tert-OH is 2. The van der Waals surface area contributed by atoms with Crippen molar-refractivity contribution in [2.24, 2.45) is 28.6 Å². The largest absolute Gasteiger partial charge is 0.458 e. The third kappa shape index (κ3) is 3.48. The van der Waals surface area contributed by atoms with E-state index in [0.29, 0.717) is 24.0 Å². The van der Waals surface area contributed by atoms with E-state index in [0.717, 1.165) is 0 Å². The van der Waals surface area contributed by atoms with Crippen LogP contribution in [0.4, 0.5) is 0 Å². The molecule has 0 saturated heterocycles. The summed E-state index contributed by atoms with van der Waals surface area (Å²) < 4.78 is 11.6. The SMILES string of the molecule is C/C=C(\C)C(=O)OCC1=C[C@@H]2C(=O)C3(C=C(C)[C@H](O)[C@@]3(O)[C@@H]1O)C(C)C[C@]1(OC(=O)CCC)[C@H]2C1(C)C. The molecule has 37 heavy (non-hydrogen) atoms. The summed E-state index contributed by atoms with van der Waals surface area (Å²) in [5.41, 5.74) is -4.47. The number of fused-ring (bicyclic) bond motifs is 3. The Morgan fingerprint density at radius 3 is 2.46 bits per heavy atom. The molecule has 4 aliphatic carbocycles. The molecule has 2 unspecified atom stereocenters. The first-order chi connectivity index (χ1) is 17.2. The van der Waals surface area contributed by atoms with Gasteiger partial charge in [-0.15, -0.1) is 0 Å². The topological polar surface area (TPSA) is 130 Å². The first kappa shape index (κ1) is 27.7. The molecule has 2 fully saturated rings. The van der Waals surface area contributed by atoms with Crippen molar-refractivity contribution >= 4 is 17.7 Å². The predicted molar refractivity (Wildman–Crippen MR) is 135 cm³/mol. The van der Waals surface area contributed by atoms with Crippen molar-refractivity contribution < 1.29 is 39.2 Å². The van der Waals surface area contributed by atoms with Crippen LogP contribution in [-0.2, 0) is 23.9 Å². The van der Waals surface area contributed by atoms with E-state index in [1.807, 2.05) is 20.8 Å². The fourth-order valence-electron chi connectivity index (χ4n) is 7.56. The standard InChI is InChI=1S/C29H40O8/c1-8-10-20(30)37-28-13-17(5)27-12-16(4)22(31)29(27,35)23(32)18(14-36-25(34)15(3)9-2)11-19(24(27)33)21(28)26(28,6)7/h9,11-12,17,19,21-23,31-32,35H,8,10,13-14H2,1-7H3/b15-9+/t17?,19-,21+,22-,23+,27?,28-,29+/m0/s1. The highest BCUT2D eigenvalue weighted by Crippen LogP contribution is 2.75. The number of hydrogen-bond donors (Lipinski definition) is 3. The second-order valence-corrected chi connectivity index (χ2v) is 12.0. The van der Waals surface area contributed by atoms with Crippen LogP contribution in [0.15, 0.2) is 34.9 Å². The third-order valence-corrected chi connectivity index (χ3v) is 9.75. The number of aliphatic hydroxyl groups is 3. The fourth-order valence-corrected chi connectivity index (χ4v) is 7.56. The highest BCUT2D eigenvalue weighted by atomic mass is 16.6. The molecule has 0 aromatic carbocycles. The Morgan fingerprint density at radius 2 is 1.86 bits per heavy atom. The smallest absolute Gasteiger partial charge is 0.333 e. The Hall–Kier alpha value is -2.29. The zero-order chi connectivity index (χ0) is 27.7. The number of ketones is 1. The van der Waals surface area contributed by atoms with E-state index in [-0.39, 0.29) is 30.4 Å². The van der Waals surface area contributed by atoms with Crippen LogP contribution in [-0.4, -0.2) is 63.1 Å². The van der Waals surface area contributed by atoms with Gasteiger partial charge in [0, 0.05) is 29.2 Å². The fraction of sp³-hybridized carbons (Fsp3) is 0.690. The van der Waals surface area contributed by atoms with Gasteiger partial charge in [0.05, 0.1) is 5.41 Å². The van der Waals surface area contributed by atoms with Crippen LogP contribution < -0.4 is 0 Å². The molecular formula is C29H40O8. The monoisotopic (exact) mass is 516 g/mol. The summed E-state index contributed by atoms with van der Waals surface area (Å²) in [6.45, 7) is 12.2. The van der Waals surface area contributed by atoms with Crippen molar-refractivity contribution in [3.8, 4) is 0 Å². The Balaban J connectivity index is 1.88. The van der Waals surface area contributed by atoms with Gasteiger partial charge in [-0.2, -0.15) is 0 Å². The Kier molecular flexibility index (Phi) is 6.66. The number of ether oxygens (including phenoxy) is 2. The molecule has 4 rings (SSSR count). The Labute approximate surface area is 218 Å². The van der Waals surface area contributed by atoms with E-state index in [2.05, 4.69) is 0 Å². The Morgan fingerprint density at radius 1 is 1.22 bits per heavy atom. The lowest BCUT2D eigenvalue weighted by Gasteiger charge is -2.48. The zero-order valence-corrected chi connectivity index (χ0v) is 22.8. The van der Waals surface area contributed by atoms with E-state index in [9.17, 15) is 29.7 Å². The average Bonchev–Trinajstić information content (AvgIpc) is 3.25. The number of rotatable bonds is 6. The van der Waals surface area contributed by atoms with Crippen molar-refractivity contribution in [1.29, 1.82) is 0 Å². The van der Waals surface area contributed by atoms with E-state index in [4.69, 9.17) is 9.47 Å². The highest BCUT2D eigenvalue weighted by Gasteiger charge is 2.83. The van der Waals surface area contributed by atoms with Gasteiger partial charge in [0.1, 0.15) is 30.0 Å². The lowest BCUT2D eigenvalue weighted by Crippen LogP contribution is -2.65. The summed E-state index contributed by atoms with van der Waals surface area (Å²) in [4.78, 5) is 39.6. The summed E-state index contributed by atoms with van der Waals surface area (Å²) in [7, 11) is 0. The molecule has 204 valence electrons. The first-order valence-corrected chi connectivity index (χ1v) is 13.2. The van der Waals surface area contributed by atoms with Gasteiger partial charge in [0.25, 0.3) is 0 Å². The molecule has 0 aromatic rings. The van der Waals surface area contributed by atoms with Crippen molar-refractivity contribution in [3.63, 3.8) is 0 Å². The van der Waals surface area contributed by atoms with Crippen molar-refractivity contribution in [1.82, 2.24) is 0 Å².